The van der Waals surface area contributed by atoms with E-state index in [4.69, 9.17) is 4.74 Å². The molecule has 3 atom stereocenters. The Morgan fingerprint density at radius 2 is 1.88 bits per heavy atom. The molecule has 24 heavy (non-hydrogen) atoms. The van der Waals surface area contributed by atoms with Crippen molar-refractivity contribution in [3.63, 3.8) is 0 Å². The van der Waals surface area contributed by atoms with E-state index < -0.39 is 6.10 Å². The van der Waals surface area contributed by atoms with Gasteiger partial charge in [-0.1, -0.05) is 30.3 Å². The maximum Gasteiger partial charge on any atom is 0.315 e. The predicted molar refractivity (Wildman–Crippen MR) is 92.6 cm³/mol. The van der Waals surface area contributed by atoms with Crippen molar-refractivity contribution < 1.29 is 14.6 Å². The van der Waals surface area contributed by atoms with Gasteiger partial charge in [0.05, 0.1) is 18.3 Å². The Hall–Kier alpha value is -1.59. The first-order chi connectivity index (χ1) is 11.5. The molecular weight excluding hydrogens is 304 g/mol. The molecule has 3 rings (SSSR count). The van der Waals surface area contributed by atoms with Gasteiger partial charge in [-0.3, -0.25) is 0 Å². The summed E-state index contributed by atoms with van der Waals surface area (Å²) < 4.78 is 5.70. The molecule has 2 amide bonds. The Kier molecular flexibility index (Phi) is 5.11. The number of aliphatic hydroxyl groups excluding tert-OH is 1. The molecule has 1 aromatic carbocycles. The molecule has 1 aliphatic carbocycles. The maximum atomic E-state index is 12.2. The van der Waals surface area contributed by atoms with Crippen molar-refractivity contribution in [2.24, 2.45) is 5.41 Å². The Bertz CT molecular complexity index is 549. The maximum absolute atomic E-state index is 12.2. The highest BCUT2D eigenvalue weighted by molar-refractivity contribution is 5.74. The van der Waals surface area contributed by atoms with Crippen LogP contribution in [0.4, 0.5) is 4.79 Å². The fourth-order valence-electron chi connectivity index (χ4n) is 3.71. The van der Waals surface area contributed by atoms with E-state index in [1.54, 1.807) is 0 Å². The number of benzene rings is 1. The largest absolute Gasteiger partial charge is 0.388 e. The minimum absolute atomic E-state index is 0.146. The van der Waals surface area contributed by atoms with Crippen LogP contribution in [0.3, 0.4) is 0 Å². The second-order valence-electron chi connectivity index (χ2n) is 7.43. The molecule has 0 bridgehead atoms. The lowest BCUT2D eigenvalue weighted by Crippen LogP contribution is -2.48. The summed E-state index contributed by atoms with van der Waals surface area (Å²) in [6.45, 7) is 4.58. The molecule has 0 aromatic heterocycles. The van der Waals surface area contributed by atoms with Crippen molar-refractivity contribution in [1.29, 1.82) is 0 Å². The fourth-order valence-corrected chi connectivity index (χ4v) is 3.71. The third kappa shape index (κ3) is 4.08. The SMILES string of the molecule is CC1CC(NC(=O)NCC2(C(O)c3ccccc3)CC2)CC(C)O1. The lowest BCUT2D eigenvalue weighted by Gasteiger charge is -2.32. The van der Waals surface area contributed by atoms with E-state index in [9.17, 15) is 9.90 Å². The van der Waals surface area contributed by atoms with Crippen molar-refractivity contribution in [3.8, 4) is 0 Å². The summed E-state index contributed by atoms with van der Waals surface area (Å²) in [5, 5.41) is 16.6. The zero-order valence-electron chi connectivity index (χ0n) is 14.5. The summed E-state index contributed by atoms with van der Waals surface area (Å²) in [7, 11) is 0. The first-order valence-corrected chi connectivity index (χ1v) is 8.91. The molecule has 1 aliphatic heterocycles. The average Bonchev–Trinajstić information content (AvgIpc) is 3.33. The van der Waals surface area contributed by atoms with E-state index in [1.807, 2.05) is 44.2 Å². The molecule has 2 fully saturated rings. The van der Waals surface area contributed by atoms with Crippen molar-refractivity contribution in [3.05, 3.63) is 35.9 Å². The van der Waals surface area contributed by atoms with Crippen molar-refractivity contribution in [2.45, 2.75) is 63.9 Å². The third-order valence-corrected chi connectivity index (χ3v) is 5.22. The van der Waals surface area contributed by atoms with Crippen LogP contribution >= 0.6 is 0 Å². The molecule has 5 heteroatoms. The second-order valence-corrected chi connectivity index (χ2v) is 7.43. The predicted octanol–water partition coefficient (Wildman–Crippen LogP) is 2.76. The molecule has 2 aliphatic rings. The number of nitrogens with one attached hydrogen (secondary N) is 2. The first-order valence-electron chi connectivity index (χ1n) is 8.91. The van der Waals surface area contributed by atoms with Gasteiger partial charge in [-0.2, -0.15) is 0 Å². The van der Waals surface area contributed by atoms with Gasteiger partial charge in [-0.25, -0.2) is 4.79 Å². The van der Waals surface area contributed by atoms with Gasteiger partial charge >= 0.3 is 6.03 Å². The number of carbonyl (C=O) groups excluding carboxylic acids is 1. The number of hydrogen-bond donors (Lipinski definition) is 3. The number of aliphatic hydroxyl groups is 1. The highest BCUT2D eigenvalue weighted by Crippen LogP contribution is 2.54. The van der Waals surface area contributed by atoms with Gasteiger partial charge in [0.1, 0.15) is 0 Å². The molecule has 5 nitrogen and oxygen atoms in total. The van der Waals surface area contributed by atoms with E-state index in [1.165, 1.54) is 0 Å². The topological polar surface area (TPSA) is 70.6 Å². The van der Waals surface area contributed by atoms with Crippen LogP contribution < -0.4 is 10.6 Å². The van der Waals surface area contributed by atoms with Gasteiger partial charge in [0.2, 0.25) is 0 Å². The summed E-state index contributed by atoms with van der Waals surface area (Å²) in [5.41, 5.74) is 0.707. The normalized spacial score (nSPS) is 29.5. The Morgan fingerprint density at radius 1 is 1.25 bits per heavy atom. The van der Waals surface area contributed by atoms with Crippen molar-refractivity contribution in [2.75, 3.05) is 6.54 Å². The highest BCUT2D eigenvalue weighted by atomic mass is 16.5. The molecule has 1 saturated heterocycles. The monoisotopic (exact) mass is 332 g/mol. The van der Waals surface area contributed by atoms with Gasteiger partial charge in [0, 0.05) is 18.0 Å². The number of ether oxygens (including phenoxy) is 1. The van der Waals surface area contributed by atoms with Gasteiger partial charge < -0.3 is 20.5 Å². The summed E-state index contributed by atoms with van der Waals surface area (Å²) in [4.78, 5) is 12.2. The molecule has 1 aromatic rings. The molecule has 1 heterocycles. The summed E-state index contributed by atoms with van der Waals surface area (Å²) in [6, 6.07) is 9.69. The smallest absolute Gasteiger partial charge is 0.315 e. The van der Waals surface area contributed by atoms with E-state index >= 15 is 0 Å². The van der Waals surface area contributed by atoms with E-state index in [2.05, 4.69) is 10.6 Å². The first kappa shape index (κ1) is 17.2. The Balaban J connectivity index is 1.49. The minimum atomic E-state index is -0.526. The lowest BCUT2D eigenvalue weighted by atomic mass is 9.93. The summed E-state index contributed by atoms with van der Waals surface area (Å²) in [5.74, 6) is 0. The van der Waals surface area contributed by atoms with Crippen LogP contribution in [0.15, 0.2) is 30.3 Å². The molecule has 1 saturated carbocycles. The van der Waals surface area contributed by atoms with Crippen LogP contribution in [-0.2, 0) is 4.74 Å². The van der Waals surface area contributed by atoms with Gasteiger partial charge in [-0.05, 0) is 45.1 Å². The summed E-state index contributed by atoms with van der Waals surface area (Å²) >= 11 is 0. The van der Waals surface area contributed by atoms with E-state index in [0.29, 0.717) is 6.54 Å². The molecule has 3 unspecified atom stereocenters. The average molecular weight is 332 g/mol. The summed E-state index contributed by atoms with van der Waals surface area (Å²) in [6.07, 6.45) is 3.39. The van der Waals surface area contributed by atoms with Crippen LogP contribution in [0.1, 0.15) is 51.2 Å². The van der Waals surface area contributed by atoms with Crippen LogP contribution in [0.25, 0.3) is 0 Å². The molecule has 132 valence electrons. The molecule has 3 N–H and O–H groups in total. The lowest BCUT2D eigenvalue weighted by molar-refractivity contribution is -0.0402. The minimum Gasteiger partial charge on any atom is -0.388 e. The van der Waals surface area contributed by atoms with Crippen LogP contribution in [0.5, 0.6) is 0 Å². The second kappa shape index (κ2) is 7.11. The van der Waals surface area contributed by atoms with Crippen LogP contribution in [0, 0.1) is 5.41 Å². The third-order valence-electron chi connectivity index (χ3n) is 5.22. The molecule has 0 spiro atoms. The standard InChI is InChI=1S/C19H28N2O3/c1-13-10-16(11-14(2)24-13)21-18(23)20-12-19(8-9-19)17(22)15-6-4-3-5-7-15/h3-7,13-14,16-17,22H,8-12H2,1-2H3,(H2,20,21,23). The van der Waals surface area contributed by atoms with Crippen LogP contribution in [-0.4, -0.2) is 35.9 Å². The van der Waals surface area contributed by atoms with Crippen LogP contribution in [0.2, 0.25) is 0 Å². The molecular formula is C19H28N2O3. The number of amides is 2. The number of urea groups is 1. The quantitative estimate of drug-likeness (QED) is 0.776. The van der Waals surface area contributed by atoms with Gasteiger partial charge in [0.15, 0.2) is 0 Å². The number of carbonyl (C=O) groups is 1. The number of rotatable bonds is 5. The zero-order valence-corrected chi connectivity index (χ0v) is 14.5. The van der Waals surface area contributed by atoms with Gasteiger partial charge in [-0.15, -0.1) is 0 Å². The Morgan fingerprint density at radius 3 is 2.46 bits per heavy atom. The van der Waals surface area contributed by atoms with E-state index in [0.717, 1.165) is 31.2 Å². The Labute approximate surface area is 143 Å². The number of hydrogen-bond acceptors (Lipinski definition) is 3. The van der Waals surface area contributed by atoms with Crippen molar-refractivity contribution in [1.82, 2.24) is 10.6 Å². The fraction of sp³-hybridized carbons (Fsp3) is 0.632. The van der Waals surface area contributed by atoms with Gasteiger partial charge in [0.25, 0.3) is 0 Å². The van der Waals surface area contributed by atoms with E-state index in [-0.39, 0.29) is 29.7 Å². The highest BCUT2D eigenvalue weighted by Gasteiger charge is 2.49. The molecule has 0 radical (unpaired) electrons. The van der Waals surface area contributed by atoms with Crippen molar-refractivity contribution >= 4 is 6.03 Å². The zero-order chi connectivity index (χ0) is 17.2.